The normalized spacial score (nSPS) is 21.0. The number of Topliss-reactive ketones (excluding diaryl/α,β-unsaturated/α-hetero) is 1. The van der Waals surface area contributed by atoms with Crippen molar-refractivity contribution in [3.63, 3.8) is 0 Å². The summed E-state index contributed by atoms with van der Waals surface area (Å²) >= 11 is 0. The first kappa shape index (κ1) is 23.4. The molecule has 168 valence electrons. The molecule has 0 spiro atoms. The summed E-state index contributed by atoms with van der Waals surface area (Å²) in [7, 11) is 1.43. The Labute approximate surface area is 186 Å². The minimum atomic E-state index is -0.840. The number of hydrogen-bond acceptors (Lipinski definition) is 7. The topological polar surface area (TPSA) is 88.1 Å². The maximum atomic E-state index is 12.6. The van der Waals surface area contributed by atoms with E-state index in [0.717, 1.165) is 0 Å². The molecular formula is C25H26O7. The average molecular weight is 438 g/mol. The lowest BCUT2D eigenvalue weighted by Gasteiger charge is -2.23. The van der Waals surface area contributed by atoms with Crippen molar-refractivity contribution < 1.29 is 33.3 Å². The molecule has 7 nitrogen and oxygen atoms in total. The molecule has 7 heteroatoms. The van der Waals surface area contributed by atoms with Crippen LogP contribution < -0.4 is 0 Å². The maximum absolute atomic E-state index is 12.6. The molecule has 2 aromatic rings. The van der Waals surface area contributed by atoms with Crippen LogP contribution in [-0.2, 0) is 23.7 Å². The Morgan fingerprint density at radius 1 is 1.03 bits per heavy atom. The van der Waals surface area contributed by atoms with Gasteiger partial charge in [-0.25, -0.2) is 9.59 Å². The number of carbonyl (C=O) groups is 3. The fraction of sp³-hybridized carbons (Fsp3) is 0.320. The number of rotatable bonds is 10. The third-order valence-electron chi connectivity index (χ3n) is 5.10. The summed E-state index contributed by atoms with van der Waals surface area (Å²) in [5.41, 5.74) is 0.747. The first-order valence-electron chi connectivity index (χ1n) is 10.3. The monoisotopic (exact) mass is 438 g/mol. The van der Waals surface area contributed by atoms with Crippen LogP contribution in [0.25, 0.3) is 0 Å². The molecule has 2 aromatic carbocycles. The van der Waals surface area contributed by atoms with Crippen molar-refractivity contribution >= 4 is 17.7 Å². The largest absolute Gasteiger partial charge is 0.458 e. The van der Waals surface area contributed by atoms with E-state index in [1.807, 2.05) is 0 Å². The van der Waals surface area contributed by atoms with Crippen molar-refractivity contribution in [2.75, 3.05) is 13.7 Å². The maximum Gasteiger partial charge on any atom is 0.338 e. The van der Waals surface area contributed by atoms with Gasteiger partial charge in [-0.15, -0.1) is 6.58 Å². The molecule has 3 rings (SSSR count). The van der Waals surface area contributed by atoms with Gasteiger partial charge < -0.3 is 18.9 Å². The number of hydrogen-bond donors (Lipinski definition) is 0. The van der Waals surface area contributed by atoms with E-state index in [2.05, 4.69) is 6.58 Å². The van der Waals surface area contributed by atoms with E-state index < -0.39 is 36.4 Å². The molecule has 1 aliphatic rings. The van der Waals surface area contributed by atoms with Crippen molar-refractivity contribution in [2.24, 2.45) is 0 Å². The summed E-state index contributed by atoms with van der Waals surface area (Å²) < 4.78 is 22.2. The highest BCUT2D eigenvalue weighted by molar-refractivity contribution is 5.91. The zero-order valence-corrected chi connectivity index (χ0v) is 17.8. The van der Waals surface area contributed by atoms with Gasteiger partial charge in [-0.05, 0) is 30.7 Å². The molecule has 0 amide bonds. The van der Waals surface area contributed by atoms with E-state index in [4.69, 9.17) is 18.9 Å². The molecule has 1 aliphatic heterocycles. The molecular weight excluding hydrogens is 412 g/mol. The van der Waals surface area contributed by atoms with Crippen LogP contribution in [0.4, 0.5) is 0 Å². The van der Waals surface area contributed by atoms with Crippen molar-refractivity contribution in [1.29, 1.82) is 0 Å². The van der Waals surface area contributed by atoms with Gasteiger partial charge in [-0.3, -0.25) is 4.79 Å². The predicted molar refractivity (Wildman–Crippen MR) is 116 cm³/mol. The zero-order chi connectivity index (χ0) is 22.9. The van der Waals surface area contributed by atoms with Gasteiger partial charge >= 0.3 is 11.9 Å². The highest BCUT2D eigenvalue weighted by Crippen LogP contribution is 2.26. The summed E-state index contributed by atoms with van der Waals surface area (Å²) in [5.74, 6) is -1.29. The number of methoxy groups -OCH3 is 1. The second kappa shape index (κ2) is 11.4. The summed E-state index contributed by atoms with van der Waals surface area (Å²) in [6.45, 7) is 3.45. The molecule has 0 radical (unpaired) electrons. The fourth-order valence-electron chi connectivity index (χ4n) is 3.52. The predicted octanol–water partition coefficient (Wildman–Crippen LogP) is 3.39. The van der Waals surface area contributed by atoms with Gasteiger partial charge in [0.05, 0.1) is 17.2 Å². The number of esters is 2. The minimum Gasteiger partial charge on any atom is -0.458 e. The first-order chi connectivity index (χ1) is 15.5. The van der Waals surface area contributed by atoms with Crippen LogP contribution >= 0.6 is 0 Å². The van der Waals surface area contributed by atoms with Gasteiger partial charge in [0.1, 0.15) is 24.9 Å². The molecule has 32 heavy (non-hydrogen) atoms. The van der Waals surface area contributed by atoms with E-state index in [1.165, 1.54) is 7.11 Å². The molecule has 1 fully saturated rings. The molecule has 1 saturated heterocycles. The van der Waals surface area contributed by atoms with E-state index in [9.17, 15) is 14.4 Å². The molecule has 0 bridgehead atoms. The second-order valence-corrected chi connectivity index (χ2v) is 7.34. The Bertz CT molecular complexity index is 926. The molecule has 0 aromatic heterocycles. The highest BCUT2D eigenvalue weighted by Gasteiger charge is 2.44. The van der Waals surface area contributed by atoms with Crippen molar-refractivity contribution in [3.05, 3.63) is 84.4 Å². The SMILES string of the molecule is C=CC[C@@H]1O[C@H](C[C@H](COC(=O)c2ccccc2)OC(=O)c2ccccc2)[C@H](OC)C1=O. The van der Waals surface area contributed by atoms with Crippen molar-refractivity contribution in [3.8, 4) is 0 Å². The molecule has 0 saturated carbocycles. The number of carbonyl (C=O) groups excluding carboxylic acids is 3. The molecule has 1 heterocycles. The lowest BCUT2D eigenvalue weighted by Crippen LogP contribution is -2.36. The van der Waals surface area contributed by atoms with Gasteiger partial charge in [0.2, 0.25) is 0 Å². The van der Waals surface area contributed by atoms with Crippen LogP contribution in [-0.4, -0.2) is 55.9 Å². The Hall–Kier alpha value is -3.29. The Kier molecular flexibility index (Phi) is 8.30. The average Bonchev–Trinajstić information content (AvgIpc) is 3.12. The fourth-order valence-corrected chi connectivity index (χ4v) is 3.52. The van der Waals surface area contributed by atoms with E-state index in [-0.39, 0.29) is 18.8 Å². The molecule has 0 N–H and O–H groups in total. The van der Waals surface area contributed by atoms with Crippen LogP contribution in [0.3, 0.4) is 0 Å². The quantitative estimate of drug-likeness (QED) is 0.415. The summed E-state index contributed by atoms with van der Waals surface area (Å²) in [6.07, 6.45) is -0.880. The number of benzene rings is 2. The standard InChI is InChI=1S/C25H26O7/c1-3-10-20-22(26)23(29-2)21(32-20)15-19(31-25(28)18-13-8-5-9-14-18)16-30-24(27)17-11-6-4-7-12-17/h3-9,11-14,19-21,23H,1,10,15-16H2,2H3/t19-,20+,21-,23+/m1/s1. The van der Waals surface area contributed by atoms with Gasteiger partial charge in [-0.2, -0.15) is 0 Å². The van der Waals surface area contributed by atoms with Crippen molar-refractivity contribution in [1.82, 2.24) is 0 Å². The summed E-state index contributed by atoms with van der Waals surface area (Å²) in [6, 6.07) is 17.0. The Morgan fingerprint density at radius 2 is 1.62 bits per heavy atom. The number of ether oxygens (including phenoxy) is 4. The van der Waals surface area contributed by atoms with Crippen LogP contribution in [0.2, 0.25) is 0 Å². The van der Waals surface area contributed by atoms with E-state index >= 15 is 0 Å². The molecule has 0 unspecified atom stereocenters. The minimum absolute atomic E-state index is 0.124. The van der Waals surface area contributed by atoms with Crippen molar-refractivity contribution in [2.45, 2.75) is 37.3 Å². The van der Waals surface area contributed by atoms with E-state index in [0.29, 0.717) is 17.5 Å². The highest BCUT2D eigenvalue weighted by atomic mass is 16.6. The van der Waals surface area contributed by atoms with Crippen LogP contribution in [0.5, 0.6) is 0 Å². The third-order valence-corrected chi connectivity index (χ3v) is 5.10. The number of ketones is 1. The van der Waals surface area contributed by atoms with Gasteiger partial charge in [0, 0.05) is 13.5 Å². The lowest BCUT2D eigenvalue weighted by atomic mass is 10.0. The first-order valence-corrected chi connectivity index (χ1v) is 10.3. The summed E-state index contributed by atoms with van der Waals surface area (Å²) in [4.78, 5) is 37.5. The molecule has 4 atom stereocenters. The third kappa shape index (κ3) is 5.90. The Morgan fingerprint density at radius 3 is 2.19 bits per heavy atom. The van der Waals surface area contributed by atoms with Gasteiger partial charge in [-0.1, -0.05) is 42.5 Å². The Balaban J connectivity index is 1.72. The van der Waals surface area contributed by atoms with Crippen LogP contribution in [0.1, 0.15) is 33.6 Å². The van der Waals surface area contributed by atoms with Gasteiger partial charge in [0.15, 0.2) is 5.78 Å². The van der Waals surface area contributed by atoms with Crippen LogP contribution in [0.15, 0.2) is 73.3 Å². The van der Waals surface area contributed by atoms with E-state index in [1.54, 1.807) is 66.7 Å². The summed E-state index contributed by atoms with van der Waals surface area (Å²) in [5, 5.41) is 0. The second-order valence-electron chi connectivity index (χ2n) is 7.34. The smallest absolute Gasteiger partial charge is 0.338 e. The van der Waals surface area contributed by atoms with Gasteiger partial charge in [0.25, 0.3) is 0 Å². The lowest BCUT2D eigenvalue weighted by molar-refractivity contribution is -0.128. The molecule has 0 aliphatic carbocycles. The zero-order valence-electron chi connectivity index (χ0n) is 17.8. The van der Waals surface area contributed by atoms with Crippen LogP contribution in [0, 0.1) is 0 Å².